The summed E-state index contributed by atoms with van der Waals surface area (Å²) in [4.78, 5) is 24.7. The van der Waals surface area contributed by atoms with Crippen LogP contribution in [0.1, 0.15) is 101 Å². The van der Waals surface area contributed by atoms with Crippen LogP contribution >= 0.6 is 0 Å². The van der Waals surface area contributed by atoms with Crippen molar-refractivity contribution in [2.75, 3.05) is 13.2 Å². The Kier molecular flexibility index (Phi) is 8.59. The van der Waals surface area contributed by atoms with Crippen LogP contribution in [0.4, 0.5) is 0 Å². The molecular weight excluding hydrogens is 420 g/mol. The van der Waals surface area contributed by atoms with Gasteiger partial charge in [-0.15, -0.1) is 0 Å². The fraction of sp³-hybridized carbons (Fsp3) is 0.556. The van der Waals surface area contributed by atoms with Crippen LogP contribution in [0.3, 0.4) is 0 Å². The molecule has 0 aromatic heterocycles. The minimum absolute atomic E-state index is 0.0471. The summed E-state index contributed by atoms with van der Waals surface area (Å²) < 4.78 is 10.7. The zero-order valence-corrected chi connectivity index (χ0v) is 19.6. The molecule has 2 aliphatic carbocycles. The summed E-state index contributed by atoms with van der Waals surface area (Å²) in [5.74, 6) is -1.01. The van der Waals surface area contributed by atoms with Crippen LogP contribution in [0.2, 0.25) is 0 Å². The van der Waals surface area contributed by atoms with Crippen LogP contribution in [-0.4, -0.2) is 35.4 Å². The second kappa shape index (κ2) is 11.4. The summed E-state index contributed by atoms with van der Waals surface area (Å²) in [5.41, 5.74) is 2.61. The van der Waals surface area contributed by atoms with E-state index in [0.717, 1.165) is 56.9 Å². The van der Waals surface area contributed by atoms with Crippen molar-refractivity contribution >= 4 is 11.9 Å². The van der Waals surface area contributed by atoms with Crippen molar-refractivity contribution in [3.05, 3.63) is 59.6 Å². The topological polar surface area (TPSA) is 93.1 Å². The molecule has 0 amide bonds. The number of ether oxygens (including phenoxy) is 2. The second-order valence-corrected chi connectivity index (χ2v) is 9.47. The third kappa shape index (κ3) is 5.79. The first kappa shape index (κ1) is 24.9. The summed E-state index contributed by atoms with van der Waals surface area (Å²) in [6.07, 6.45) is 9.96. The quantitative estimate of drug-likeness (QED) is 0.404. The van der Waals surface area contributed by atoms with Crippen LogP contribution in [0.5, 0.6) is 0 Å². The van der Waals surface area contributed by atoms with E-state index in [1.165, 1.54) is 12.5 Å². The number of benzene rings is 1. The molecule has 1 aromatic carbocycles. The van der Waals surface area contributed by atoms with E-state index < -0.39 is 11.9 Å². The van der Waals surface area contributed by atoms with Gasteiger partial charge in [-0.25, -0.2) is 9.59 Å². The molecule has 0 aliphatic heterocycles. The molecule has 33 heavy (non-hydrogen) atoms. The lowest BCUT2D eigenvalue weighted by atomic mass is 9.71. The SMILES string of the molecule is C=COCC1CCC(c2cc(C(=O)O)c(C)c(C3CCC(COC=C)CC3)c2C(=O)O)CC1. The minimum Gasteiger partial charge on any atom is -0.502 e. The molecule has 2 aliphatic rings. The Balaban J connectivity index is 1.94. The molecule has 2 fully saturated rings. The average Bonchev–Trinajstić information content (AvgIpc) is 2.81. The smallest absolute Gasteiger partial charge is 0.336 e. The number of carbonyl (C=O) groups is 2. The molecule has 0 radical (unpaired) electrons. The van der Waals surface area contributed by atoms with E-state index >= 15 is 0 Å². The highest BCUT2D eigenvalue weighted by molar-refractivity contribution is 5.97. The van der Waals surface area contributed by atoms with Crippen LogP contribution < -0.4 is 0 Å². The molecule has 0 bridgehead atoms. The van der Waals surface area contributed by atoms with Crippen LogP contribution in [-0.2, 0) is 9.47 Å². The van der Waals surface area contributed by atoms with Crippen molar-refractivity contribution in [3.8, 4) is 0 Å². The fourth-order valence-electron chi connectivity index (χ4n) is 5.78. The van der Waals surface area contributed by atoms with Gasteiger partial charge in [-0.2, -0.15) is 0 Å². The lowest BCUT2D eigenvalue weighted by Gasteiger charge is -2.34. The van der Waals surface area contributed by atoms with Gasteiger partial charge in [0.1, 0.15) is 0 Å². The number of carboxylic acids is 2. The van der Waals surface area contributed by atoms with E-state index in [1.807, 2.05) is 0 Å². The van der Waals surface area contributed by atoms with Crippen molar-refractivity contribution in [1.29, 1.82) is 0 Å². The molecule has 0 saturated heterocycles. The maximum absolute atomic E-state index is 12.6. The zero-order chi connectivity index (χ0) is 24.0. The molecule has 6 heteroatoms. The standard InChI is InChI=1S/C27H36O6/c1-4-32-15-18-6-10-20(11-7-18)23-14-22(26(28)29)17(3)24(25(23)27(30)31)21-12-8-19(9-13-21)16-33-5-2/h4-5,14,18-21H,1-2,6-13,15-16H2,3H3,(H,28,29)(H,30,31). The lowest BCUT2D eigenvalue weighted by Crippen LogP contribution is -2.24. The summed E-state index contributed by atoms with van der Waals surface area (Å²) >= 11 is 0. The Morgan fingerprint density at radius 3 is 1.79 bits per heavy atom. The van der Waals surface area contributed by atoms with Crippen LogP contribution in [0.25, 0.3) is 0 Å². The van der Waals surface area contributed by atoms with Crippen LogP contribution in [0, 0.1) is 18.8 Å². The van der Waals surface area contributed by atoms with Gasteiger partial charge < -0.3 is 19.7 Å². The molecule has 0 heterocycles. The predicted molar refractivity (Wildman–Crippen MR) is 127 cm³/mol. The van der Waals surface area contributed by atoms with Crippen molar-refractivity contribution in [3.63, 3.8) is 0 Å². The molecule has 0 spiro atoms. The molecule has 3 rings (SSSR count). The minimum atomic E-state index is -0.993. The molecule has 1 aromatic rings. The van der Waals surface area contributed by atoms with Gasteiger partial charge in [-0.3, -0.25) is 0 Å². The van der Waals surface area contributed by atoms with Gasteiger partial charge in [0.15, 0.2) is 0 Å². The van der Waals surface area contributed by atoms with Crippen molar-refractivity contribution in [1.82, 2.24) is 0 Å². The third-order valence-electron chi connectivity index (χ3n) is 7.55. The first-order valence-corrected chi connectivity index (χ1v) is 12.0. The highest BCUT2D eigenvalue weighted by Crippen LogP contribution is 2.44. The van der Waals surface area contributed by atoms with Gasteiger partial charge in [-0.1, -0.05) is 13.2 Å². The highest BCUT2D eigenvalue weighted by Gasteiger charge is 2.34. The molecule has 180 valence electrons. The van der Waals surface area contributed by atoms with Crippen LogP contribution in [0.15, 0.2) is 31.7 Å². The van der Waals surface area contributed by atoms with Gasteiger partial charge in [0.05, 0.1) is 36.9 Å². The fourth-order valence-corrected chi connectivity index (χ4v) is 5.78. The second-order valence-electron chi connectivity index (χ2n) is 9.47. The van der Waals surface area contributed by atoms with E-state index in [1.54, 1.807) is 13.0 Å². The van der Waals surface area contributed by atoms with Crippen molar-refractivity contribution in [2.45, 2.75) is 70.1 Å². The van der Waals surface area contributed by atoms with Gasteiger partial charge in [-0.05, 0) is 105 Å². The maximum Gasteiger partial charge on any atom is 0.336 e. The van der Waals surface area contributed by atoms with Gasteiger partial charge in [0.25, 0.3) is 0 Å². The van der Waals surface area contributed by atoms with Crippen molar-refractivity contribution < 1.29 is 29.3 Å². The van der Waals surface area contributed by atoms with Crippen molar-refractivity contribution in [2.24, 2.45) is 11.8 Å². The number of hydrogen-bond acceptors (Lipinski definition) is 4. The summed E-state index contributed by atoms with van der Waals surface area (Å²) in [5, 5.41) is 20.2. The molecular formula is C27H36O6. The maximum atomic E-state index is 12.6. The van der Waals surface area contributed by atoms with E-state index in [2.05, 4.69) is 13.2 Å². The monoisotopic (exact) mass is 456 g/mol. The zero-order valence-electron chi connectivity index (χ0n) is 19.6. The van der Waals surface area contributed by atoms with Gasteiger partial charge in [0.2, 0.25) is 0 Å². The number of carboxylic acid groups (broad SMARTS) is 2. The Morgan fingerprint density at radius 2 is 1.36 bits per heavy atom. The Morgan fingerprint density at radius 1 is 0.879 bits per heavy atom. The molecule has 0 unspecified atom stereocenters. The molecule has 6 nitrogen and oxygen atoms in total. The molecule has 2 saturated carbocycles. The first-order valence-electron chi connectivity index (χ1n) is 12.0. The summed E-state index contributed by atoms with van der Waals surface area (Å²) in [7, 11) is 0. The number of hydrogen-bond donors (Lipinski definition) is 2. The number of aromatic carboxylic acids is 2. The Hall–Kier alpha value is -2.76. The van der Waals surface area contributed by atoms with E-state index in [4.69, 9.17) is 9.47 Å². The molecule has 0 atom stereocenters. The Bertz CT molecular complexity index is 873. The van der Waals surface area contributed by atoms with Gasteiger partial charge in [0, 0.05) is 0 Å². The average molecular weight is 457 g/mol. The first-order chi connectivity index (χ1) is 15.9. The Labute approximate surface area is 196 Å². The van der Waals surface area contributed by atoms with E-state index in [-0.39, 0.29) is 17.4 Å². The summed E-state index contributed by atoms with van der Waals surface area (Å²) in [6, 6.07) is 1.64. The predicted octanol–water partition coefficient (Wildman–Crippen LogP) is 6.26. The largest absolute Gasteiger partial charge is 0.502 e. The van der Waals surface area contributed by atoms with Gasteiger partial charge >= 0.3 is 11.9 Å². The normalized spacial score (nSPS) is 25.1. The highest BCUT2D eigenvalue weighted by atomic mass is 16.5. The third-order valence-corrected chi connectivity index (χ3v) is 7.55. The van der Waals surface area contributed by atoms with E-state index in [0.29, 0.717) is 41.7 Å². The molecule has 2 N–H and O–H groups in total. The van der Waals surface area contributed by atoms with E-state index in [9.17, 15) is 19.8 Å². The number of rotatable bonds is 10. The lowest BCUT2D eigenvalue weighted by molar-refractivity contribution is 0.0675. The summed E-state index contributed by atoms with van der Waals surface area (Å²) in [6.45, 7) is 10.2.